The molecule has 0 aliphatic carbocycles. The van der Waals surface area contributed by atoms with Crippen molar-refractivity contribution in [1.82, 2.24) is 19.5 Å². The van der Waals surface area contributed by atoms with Gasteiger partial charge in [-0.05, 0) is 24.6 Å². The summed E-state index contributed by atoms with van der Waals surface area (Å²) in [5.74, 6) is 0.686. The molecule has 1 aromatic carbocycles. The minimum absolute atomic E-state index is 0.271. The van der Waals surface area contributed by atoms with Crippen molar-refractivity contribution in [3.63, 3.8) is 0 Å². The molecule has 3 N–H and O–H groups in total. The monoisotopic (exact) mass is 348 g/mol. The summed E-state index contributed by atoms with van der Waals surface area (Å²) >= 11 is 0. The number of nitrogens with two attached hydrogens (primary N) is 1. The normalized spacial score (nSPS) is 11.0. The van der Waals surface area contributed by atoms with E-state index in [9.17, 15) is 4.79 Å². The Labute approximate surface area is 148 Å². The highest BCUT2D eigenvalue weighted by Crippen LogP contribution is 2.24. The molecule has 4 aromatic rings. The Hall–Kier alpha value is -3.68. The Morgan fingerprint density at radius 1 is 1.23 bits per heavy atom. The number of nitrogens with zero attached hydrogens (tertiary/aromatic N) is 4. The average molecular weight is 348 g/mol. The molecule has 26 heavy (non-hydrogen) atoms. The lowest BCUT2D eigenvalue weighted by Crippen LogP contribution is -2.15. The first-order chi connectivity index (χ1) is 12.5. The van der Waals surface area contributed by atoms with Crippen LogP contribution in [-0.4, -0.2) is 25.4 Å². The number of amides is 1. The number of carbonyl (C=O) groups excluding carboxylic acids is 1. The van der Waals surface area contributed by atoms with Crippen LogP contribution < -0.4 is 11.1 Å². The number of aryl methyl sites for hydroxylation is 2. The van der Waals surface area contributed by atoms with E-state index in [0.717, 1.165) is 11.1 Å². The summed E-state index contributed by atoms with van der Waals surface area (Å²) < 4.78 is 6.70. The summed E-state index contributed by atoms with van der Waals surface area (Å²) in [6.45, 7) is 3.64. The first-order valence-corrected chi connectivity index (χ1v) is 7.96. The number of imidazole rings is 1. The minimum Gasteiger partial charge on any atom is -0.399 e. The first kappa shape index (κ1) is 15.8. The lowest BCUT2D eigenvalue weighted by molar-refractivity contribution is 0.102. The number of hydrogen-bond acceptors (Lipinski definition) is 6. The smallest absolute Gasteiger partial charge is 0.274 e. The number of benzene rings is 1. The standard InChI is InChI=1S/C18H16N6O2/c1-10-3-4-12(17-21-11(2)26-23-17)7-14(10)22-18(25)15-9-20-16-8-13(19)5-6-24(15)16/h3-9H,19H2,1-2H3,(H,22,25). The fourth-order valence-corrected chi connectivity index (χ4v) is 2.66. The zero-order valence-electron chi connectivity index (χ0n) is 14.2. The second-order valence-electron chi connectivity index (χ2n) is 5.95. The third-order valence-corrected chi connectivity index (χ3v) is 4.04. The van der Waals surface area contributed by atoms with Gasteiger partial charge in [0.15, 0.2) is 0 Å². The highest BCUT2D eigenvalue weighted by atomic mass is 16.5. The van der Waals surface area contributed by atoms with E-state index in [2.05, 4.69) is 20.4 Å². The summed E-state index contributed by atoms with van der Waals surface area (Å²) in [4.78, 5) is 21.2. The van der Waals surface area contributed by atoms with E-state index < -0.39 is 0 Å². The highest BCUT2D eigenvalue weighted by Gasteiger charge is 2.15. The fourth-order valence-electron chi connectivity index (χ4n) is 2.66. The molecule has 0 atom stereocenters. The molecule has 0 fully saturated rings. The number of carbonyl (C=O) groups is 1. The van der Waals surface area contributed by atoms with Gasteiger partial charge in [0.25, 0.3) is 5.91 Å². The van der Waals surface area contributed by atoms with Gasteiger partial charge < -0.3 is 15.6 Å². The maximum Gasteiger partial charge on any atom is 0.274 e. The van der Waals surface area contributed by atoms with Gasteiger partial charge in [0.1, 0.15) is 11.3 Å². The van der Waals surface area contributed by atoms with Gasteiger partial charge in [-0.25, -0.2) is 4.98 Å². The summed E-state index contributed by atoms with van der Waals surface area (Å²) in [6.07, 6.45) is 3.24. The van der Waals surface area contributed by atoms with E-state index in [1.807, 2.05) is 25.1 Å². The maximum atomic E-state index is 12.7. The van der Waals surface area contributed by atoms with Crippen LogP contribution in [0.15, 0.2) is 47.2 Å². The van der Waals surface area contributed by atoms with Crippen LogP contribution >= 0.6 is 0 Å². The average Bonchev–Trinajstić information content (AvgIpc) is 3.22. The molecule has 0 spiro atoms. The molecular formula is C18H16N6O2. The topological polar surface area (TPSA) is 111 Å². The van der Waals surface area contributed by atoms with E-state index >= 15 is 0 Å². The van der Waals surface area contributed by atoms with Crippen LogP contribution in [0.4, 0.5) is 11.4 Å². The maximum absolute atomic E-state index is 12.7. The number of hydrogen-bond donors (Lipinski definition) is 2. The first-order valence-electron chi connectivity index (χ1n) is 7.96. The van der Waals surface area contributed by atoms with Crippen LogP contribution in [-0.2, 0) is 0 Å². The van der Waals surface area contributed by atoms with Crippen LogP contribution in [0.5, 0.6) is 0 Å². The number of nitrogens with one attached hydrogen (secondary N) is 1. The van der Waals surface area contributed by atoms with Crippen molar-refractivity contribution in [2.75, 3.05) is 11.1 Å². The molecule has 130 valence electrons. The van der Waals surface area contributed by atoms with Crippen molar-refractivity contribution in [1.29, 1.82) is 0 Å². The summed E-state index contributed by atoms with van der Waals surface area (Å²) in [5, 5.41) is 6.83. The minimum atomic E-state index is -0.271. The van der Waals surface area contributed by atoms with Gasteiger partial charge in [-0.1, -0.05) is 17.3 Å². The highest BCUT2D eigenvalue weighted by molar-refractivity contribution is 6.04. The van der Waals surface area contributed by atoms with Crippen LogP contribution in [0, 0.1) is 13.8 Å². The summed E-state index contributed by atoms with van der Waals surface area (Å²) in [5.41, 5.74) is 9.72. The summed E-state index contributed by atoms with van der Waals surface area (Å²) in [6, 6.07) is 9.02. The van der Waals surface area contributed by atoms with Crippen LogP contribution in [0.25, 0.3) is 17.0 Å². The molecule has 0 unspecified atom stereocenters. The van der Waals surface area contributed by atoms with E-state index in [4.69, 9.17) is 10.3 Å². The van der Waals surface area contributed by atoms with E-state index in [0.29, 0.717) is 34.4 Å². The molecule has 0 radical (unpaired) electrons. The Balaban J connectivity index is 1.66. The van der Waals surface area contributed by atoms with Crippen LogP contribution in [0.2, 0.25) is 0 Å². The Kier molecular flexibility index (Phi) is 3.65. The molecule has 1 amide bonds. The van der Waals surface area contributed by atoms with Crippen LogP contribution in [0.1, 0.15) is 21.9 Å². The molecule has 0 aliphatic heterocycles. The quantitative estimate of drug-likeness (QED) is 0.589. The van der Waals surface area contributed by atoms with Crippen molar-refractivity contribution < 1.29 is 9.32 Å². The Morgan fingerprint density at radius 3 is 2.85 bits per heavy atom. The predicted molar refractivity (Wildman–Crippen MR) is 96.8 cm³/mol. The van der Waals surface area contributed by atoms with Gasteiger partial charge in [0, 0.05) is 36.1 Å². The fraction of sp³-hybridized carbons (Fsp3) is 0.111. The lowest BCUT2D eigenvalue weighted by Gasteiger charge is -2.09. The van der Waals surface area contributed by atoms with Gasteiger partial charge in [0.2, 0.25) is 11.7 Å². The Morgan fingerprint density at radius 2 is 2.08 bits per heavy atom. The van der Waals surface area contributed by atoms with E-state index in [-0.39, 0.29) is 5.91 Å². The number of pyridine rings is 1. The zero-order valence-corrected chi connectivity index (χ0v) is 14.2. The number of aromatic nitrogens is 4. The molecule has 0 saturated carbocycles. The largest absolute Gasteiger partial charge is 0.399 e. The molecule has 4 rings (SSSR count). The van der Waals surface area contributed by atoms with Gasteiger partial charge in [-0.2, -0.15) is 4.98 Å². The third kappa shape index (κ3) is 2.77. The number of nitrogen functional groups attached to an aromatic ring is 1. The van der Waals surface area contributed by atoms with Crippen molar-refractivity contribution in [3.8, 4) is 11.4 Å². The second-order valence-corrected chi connectivity index (χ2v) is 5.95. The van der Waals surface area contributed by atoms with E-state index in [1.165, 1.54) is 6.20 Å². The van der Waals surface area contributed by atoms with Gasteiger partial charge in [-0.15, -0.1) is 0 Å². The van der Waals surface area contributed by atoms with Crippen molar-refractivity contribution in [3.05, 3.63) is 59.9 Å². The zero-order chi connectivity index (χ0) is 18.3. The van der Waals surface area contributed by atoms with Crippen molar-refractivity contribution in [2.24, 2.45) is 0 Å². The van der Waals surface area contributed by atoms with Gasteiger partial charge >= 0.3 is 0 Å². The van der Waals surface area contributed by atoms with Gasteiger partial charge in [-0.3, -0.25) is 9.20 Å². The number of fused-ring (bicyclic) bond motifs is 1. The molecule has 8 heteroatoms. The van der Waals surface area contributed by atoms with E-state index in [1.54, 1.807) is 29.7 Å². The molecule has 3 heterocycles. The molecule has 0 saturated heterocycles. The number of rotatable bonds is 3. The molecule has 0 bridgehead atoms. The van der Waals surface area contributed by atoms with Crippen LogP contribution in [0.3, 0.4) is 0 Å². The molecule has 0 aliphatic rings. The van der Waals surface area contributed by atoms with Crippen molar-refractivity contribution >= 4 is 22.9 Å². The Bertz CT molecular complexity index is 1130. The predicted octanol–water partition coefficient (Wildman–Crippen LogP) is 2.84. The second kappa shape index (κ2) is 5.99. The molecule has 3 aromatic heterocycles. The molecular weight excluding hydrogens is 332 g/mol. The van der Waals surface area contributed by atoms with Gasteiger partial charge in [0.05, 0.1) is 6.20 Å². The van der Waals surface area contributed by atoms with Crippen molar-refractivity contribution in [2.45, 2.75) is 13.8 Å². The number of anilines is 2. The lowest BCUT2D eigenvalue weighted by atomic mass is 10.1. The third-order valence-electron chi connectivity index (χ3n) is 4.04. The molecule has 8 nitrogen and oxygen atoms in total. The SMILES string of the molecule is Cc1nc(-c2ccc(C)c(NC(=O)c3cnc4cc(N)ccn34)c2)no1. The summed E-state index contributed by atoms with van der Waals surface area (Å²) in [7, 11) is 0.